The fourth-order valence-electron chi connectivity index (χ4n) is 1.76. The topological polar surface area (TPSA) is 68.3 Å². The number of ether oxygens (including phenoxy) is 1. The van der Waals surface area contributed by atoms with E-state index in [0.29, 0.717) is 16.9 Å². The van der Waals surface area contributed by atoms with Crippen molar-refractivity contribution in [1.82, 2.24) is 9.71 Å². The number of aromatic nitrogens is 1. The summed E-state index contributed by atoms with van der Waals surface area (Å²) in [6.07, 6.45) is 4.88. The molecule has 1 aromatic heterocycles. The molecule has 0 amide bonds. The second-order valence-corrected chi connectivity index (χ2v) is 6.96. The Morgan fingerprint density at radius 3 is 2.83 bits per heavy atom. The molecule has 0 aliphatic heterocycles. The molecule has 1 aliphatic rings. The molecular weight excluding hydrogens is 320 g/mol. The van der Waals surface area contributed by atoms with E-state index in [1.54, 1.807) is 0 Å². The molecule has 1 aromatic rings. The first-order valence-electron chi connectivity index (χ1n) is 5.72. The molecule has 0 unspecified atom stereocenters. The van der Waals surface area contributed by atoms with Crippen LogP contribution in [0.2, 0.25) is 0 Å². The van der Waals surface area contributed by atoms with Gasteiger partial charge in [-0.15, -0.1) is 0 Å². The van der Waals surface area contributed by atoms with Crippen LogP contribution in [0.4, 0.5) is 0 Å². The maximum absolute atomic E-state index is 12.2. The van der Waals surface area contributed by atoms with Gasteiger partial charge in [-0.1, -0.05) is 6.42 Å². The molecule has 1 N–H and O–H groups in total. The van der Waals surface area contributed by atoms with Gasteiger partial charge in [-0.05, 0) is 40.8 Å². The van der Waals surface area contributed by atoms with Crippen LogP contribution >= 0.6 is 15.9 Å². The molecule has 1 saturated carbocycles. The summed E-state index contributed by atoms with van der Waals surface area (Å²) in [4.78, 5) is 4.00. The summed E-state index contributed by atoms with van der Waals surface area (Å²) >= 11 is 3.21. The van der Waals surface area contributed by atoms with Crippen LogP contribution in [-0.4, -0.2) is 27.1 Å². The van der Waals surface area contributed by atoms with Gasteiger partial charge in [0.25, 0.3) is 0 Å². The average Bonchev–Trinajstić information content (AvgIpc) is 2.26. The zero-order valence-corrected chi connectivity index (χ0v) is 12.4. The second kappa shape index (κ2) is 5.54. The minimum atomic E-state index is -3.56. The van der Waals surface area contributed by atoms with Crippen molar-refractivity contribution in [2.45, 2.75) is 24.2 Å². The van der Waals surface area contributed by atoms with Gasteiger partial charge in [0, 0.05) is 17.2 Å². The van der Waals surface area contributed by atoms with Crippen LogP contribution in [-0.2, 0) is 10.0 Å². The maximum atomic E-state index is 12.2. The van der Waals surface area contributed by atoms with Crippen LogP contribution in [0, 0.1) is 5.92 Å². The van der Waals surface area contributed by atoms with Gasteiger partial charge < -0.3 is 4.74 Å². The summed E-state index contributed by atoms with van der Waals surface area (Å²) in [5.74, 6) is 0.574. The summed E-state index contributed by atoms with van der Waals surface area (Å²) in [5.41, 5.74) is 0. The standard InChI is InChI=1S/C11H15BrN2O3S/c1-17-11-10(5-9(12)7-13-11)18(15,16)14-6-8-3-2-4-8/h5,7-8,14H,2-4,6H2,1H3. The number of sulfonamides is 1. The van der Waals surface area contributed by atoms with Gasteiger partial charge >= 0.3 is 0 Å². The van der Waals surface area contributed by atoms with Gasteiger partial charge in [0.1, 0.15) is 4.90 Å². The Hall–Kier alpha value is -0.660. The number of hydrogen-bond acceptors (Lipinski definition) is 4. The highest BCUT2D eigenvalue weighted by Gasteiger charge is 2.24. The van der Waals surface area contributed by atoms with Gasteiger partial charge in [-0.3, -0.25) is 0 Å². The highest BCUT2D eigenvalue weighted by atomic mass is 79.9. The Labute approximate surface area is 115 Å². The van der Waals surface area contributed by atoms with Crippen LogP contribution in [0.1, 0.15) is 19.3 Å². The summed E-state index contributed by atoms with van der Waals surface area (Å²) in [7, 11) is -2.16. The summed E-state index contributed by atoms with van der Waals surface area (Å²) < 4.78 is 32.5. The van der Waals surface area contributed by atoms with Crippen LogP contribution in [0.15, 0.2) is 21.6 Å². The maximum Gasteiger partial charge on any atom is 0.245 e. The smallest absolute Gasteiger partial charge is 0.245 e. The van der Waals surface area contributed by atoms with E-state index in [1.165, 1.54) is 25.8 Å². The Kier molecular flexibility index (Phi) is 4.24. The van der Waals surface area contributed by atoms with Crippen molar-refractivity contribution < 1.29 is 13.2 Å². The lowest BCUT2D eigenvalue weighted by Crippen LogP contribution is -2.32. The van der Waals surface area contributed by atoms with Crippen LogP contribution < -0.4 is 9.46 Å². The Morgan fingerprint density at radius 1 is 1.56 bits per heavy atom. The molecular formula is C11H15BrN2O3S. The molecule has 0 aromatic carbocycles. The predicted molar refractivity (Wildman–Crippen MR) is 71.0 cm³/mol. The molecule has 1 heterocycles. The number of rotatable bonds is 5. The van der Waals surface area contributed by atoms with E-state index < -0.39 is 10.0 Å². The Balaban J connectivity index is 2.19. The van der Waals surface area contributed by atoms with Crippen molar-refractivity contribution in [2.75, 3.05) is 13.7 Å². The van der Waals surface area contributed by atoms with Gasteiger partial charge in [-0.2, -0.15) is 0 Å². The number of nitrogens with one attached hydrogen (secondary N) is 1. The molecule has 2 rings (SSSR count). The van der Waals surface area contributed by atoms with Crippen LogP contribution in [0.3, 0.4) is 0 Å². The zero-order chi connectivity index (χ0) is 13.2. The second-order valence-electron chi connectivity index (χ2n) is 4.31. The lowest BCUT2D eigenvalue weighted by atomic mass is 9.86. The molecule has 100 valence electrons. The third-order valence-electron chi connectivity index (χ3n) is 3.05. The first-order chi connectivity index (χ1) is 8.53. The van der Waals surface area contributed by atoms with Crippen molar-refractivity contribution in [3.63, 3.8) is 0 Å². The largest absolute Gasteiger partial charge is 0.480 e. The van der Waals surface area contributed by atoms with E-state index in [0.717, 1.165) is 12.8 Å². The first kappa shape index (κ1) is 13.8. The molecule has 5 nitrogen and oxygen atoms in total. The van der Waals surface area contributed by atoms with E-state index in [9.17, 15) is 8.42 Å². The Morgan fingerprint density at radius 2 is 2.28 bits per heavy atom. The summed E-state index contributed by atoms with van der Waals surface area (Å²) in [6, 6.07) is 1.49. The quantitative estimate of drug-likeness (QED) is 0.893. The SMILES string of the molecule is COc1ncc(Br)cc1S(=O)(=O)NCC1CCC1. The highest BCUT2D eigenvalue weighted by molar-refractivity contribution is 9.10. The van der Waals surface area contributed by atoms with Gasteiger partial charge in [0.15, 0.2) is 0 Å². The highest BCUT2D eigenvalue weighted by Crippen LogP contribution is 2.27. The summed E-state index contributed by atoms with van der Waals surface area (Å²) in [5, 5.41) is 0. The van der Waals surface area contributed by atoms with Gasteiger partial charge in [0.05, 0.1) is 7.11 Å². The lowest BCUT2D eigenvalue weighted by molar-refractivity contribution is 0.316. The first-order valence-corrected chi connectivity index (χ1v) is 8.00. The van der Waals surface area contributed by atoms with Crippen molar-refractivity contribution in [2.24, 2.45) is 5.92 Å². The van der Waals surface area contributed by atoms with Crippen molar-refractivity contribution in [3.05, 3.63) is 16.7 Å². The monoisotopic (exact) mass is 334 g/mol. The number of hydrogen-bond donors (Lipinski definition) is 1. The molecule has 0 saturated heterocycles. The van der Waals surface area contributed by atoms with E-state index in [4.69, 9.17) is 4.74 Å². The average molecular weight is 335 g/mol. The molecule has 0 bridgehead atoms. The fraction of sp³-hybridized carbons (Fsp3) is 0.545. The normalized spacial score (nSPS) is 16.3. The van der Waals surface area contributed by atoms with E-state index in [1.807, 2.05) is 0 Å². The Bertz CT molecular complexity index is 529. The minimum Gasteiger partial charge on any atom is -0.480 e. The van der Waals surface area contributed by atoms with Crippen LogP contribution in [0.5, 0.6) is 5.88 Å². The third kappa shape index (κ3) is 3.02. The van der Waals surface area contributed by atoms with Crippen molar-refractivity contribution >= 4 is 26.0 Å². The van der Waals surface area contributed by atoms with E-state index >= 15 is 0 Å². The molecule has 18 heavy (non-hydrogen) atoms. The van der Waals surface area contributed by atoms with Gasteiger partial charge in [-0.25, -0.2) is 18.1 Å². The van der Waals surface area contributed by atoms with E-state index in [2.05, 4.69) is 25.6 Å². The molecule has 0 radical (unpaired) electrons. The van der Waals surface area contributed by atoms with E-state index in [-0.39, 0.29) is 10.8 Å². The van der Waals surface area contributed by atoms with Crippen LogP contribution in [0.25, 0.3) is 0 Å². The molecule has 0 spiro atoms. The molecule has 7 heteroatoms. The number of pyridine rings is 1. The fourth-order valence-corrected chi connectivity index (χ4v) is 3.50. The molecule has 0 atom stereocenters. The summed E-state index contributed by atoms with van der Waals surface area (Å²) in [6.45, 7) is 0.484. The van der Waals surface area contributed by atoms with Crippen molar-refractivity contribution in [1.29, 1.82) is 0 Å². The minimum absolute atomic E-state index is 0.0682. The lowest BCUT2D eigenvalue weighted by Gasteiger charge is -2.25. The zero-order valence-electron chi connectivity index (χ0n) is 10.0. The third-order valence-corrected chi connectivity index (χ3v) is 4.91. The number of halogens is 1. The van der Waals surface area contributed by atoms with Crippen molar-refractivity contribution in [3.8, 4) is 5.88 Å². The van der Waals surface area contributed by atoms with Gasteiger partial charge in [0.2, 0.25) is 15.9 Å². The predicted octanol–water partition coefficient (Wildman–Crippen LogP) is 1.93. The molecule has 1 aliphatic carbocycles. The number of nitrogens with zero attached hydrogens (tertiary/aromatic N) is 1. The molecule has 1 fully saturated rings. The number of methoxy groups -OCH3 is 1.